The van der Waals surface area contributed by atoms with E-state index >= 15 is 0 Å². The van der Waals surface area contributed by atoms with Crippen LogP contribution in [0.3, 0.4) is 0 Å². The van der Waals surface area contributed by atoms with E-state index in [0.717, 1.165) is 29.5 Å². The lowest BCUT2D eigenvalue weighted by molar-refractivity contribution is 0.222. The van der Waals surface area contributed by atoms with E-state index in [0.29, 0.717) is 6.04 Å². The number of benzene rings is 1. The molecule has 1 aromatic rings. The fourth-order valence-electron chi connectivity index (χ4n) is 2.88. The first-order chi connectivity index (χ1) is 10.1. The van der Waals surface area contributed by atoms with E-state index in [4.69, 9.17) is 0 Å². The van der Waals surface area contributed by atoms with Crippen LogP contribution in [0.1, 0.15) is 51.1 Å². The highest BCUT2D eigenvalue weighted by atomic mass is 79.9. The van der Waals surface area contributed by atoms with Crippen LogP contribution < -0.4 is 5.32 Å². The molecule has 2 nitrogen and oxygen atoms in total. The summed E-state index contributed by atoms with van der Waals surface area (Å²) in [5.41, 5.74) is 1.40. The van der Waals surface area contributed by atoms with Crippen LogP contribution in [-0.4, -0.2) is 31.1 Å². The van der Waals surface area contributed by atoms with Crippen LogP contribution in [-0.2, 0) is 0 Å². The number of hydrogen-bond acceptors (Lipinski definition) is 2. The largest absolute Gasteiger partial charge is 0.310 e. The SMILES string of the molecule is CCCNC(CCN(C)C(C)C1CC1)c1ccc(Br)cc1. The summed E-state index contributed by atoms with van der Waals surface area (Å²) in [7, 11) is 2.28. The summed E-state index contributed by atoms with van der Waals surface area (Å²) in [5.74, 6) is 0.949. The van der Waals surface area contributed by atoms with Crippen LogP contribution >= 0.6 is 15.9 Å². The van der Waals surface area contributed by atoms with Crippen LogP contribution in [0.2, 0.25) is 0 Å². The second kappa shape index (κ2) is 8.30. The van der Waals surface area contributed by atoms with Gasteiger partial charge in [-0.25, -0.2) is 0 Å². The normalized spacial score (nSPS) is 18.0. The monoisotopic (exact) mass is 352 g/mol. The molecule has 0 saturated heterocycles. The van der Waals surface area contributed by atoms with Gasteiger partial charge in [0.25, 0.3) is 0 Å². The Balaban J connectivity index is 1.90. The number of nitrogens with zero attached hydrogens (tertiary/aromatic N) is 1. The quantitative estimate of drug-likeness (QED) is 0.697. The van der Waals surface area contributed by atoms with Gasteiger partial charge >= 0.3 is 0 Å². The van der Waals surface area contributed by atoms with Crippen molar-refractivity contribution in [2.24, 2.45) is 5.92 Å². The summed E-state index contributed by atoms with van der Waals surface area (Å²) in [6.07, 6.45) is 5.21. The number of nitrogens with one attached hydrogen (secondary N) is 1. The van der Waals surface area contributed by atoms with Gasteiger partial charge in [-0.1, -0.05) is 35.0 Å². The highest BCUT2D eigenvalue weighted by Gasteiger charge is 2.30. The Hall–Kier alpha value is -0.380. The first-order valence-corrected chi connectivity index (χ1v) is 9.10. The molecule has 0 spiro atoms. The smallest absolute Gasteiger partial charge is 0.0332 e. The fraction of sp³-hybridized carbons (Fsp3) is 0.667. The molecular weight excluding hydrogens is 324 g/mol. The third kappa shape index (κ3) is 5.39. The molecule has 1 aromatic carbocycles. The zero-order chi connectivity index (χ0) is 15.2. The topological polar surface area (TPSA) is 15.3 Å². The maximum Gasteiger partial charge on any atom is 0.0332 e. The van der Waals surface area contributed by atoms with E-state index < -0.39 is 0 Å². The van der Waals surface area contributed by atoms with Crippen molar-refractivity contribution < 1.29 is 0 Å². The van der Waals surface area contributed by atoms with Crippen molar-refractivity contribution in [2.75, 3.05) is 20.1 Å². The Morgan fingerprint density at radius 2 is 1.95 bits per heavy atom. The summed E-state index contributed by atoms with van der Waals surface area (Å²) in [4.78, 5) is 2.54. The van der Waals surface area contributed by atoms with Gasteiger partial charge in [0.2, 0.25) is 0 Å². The molecule has 0 aromatic heterocycles. The summed E-state index contributed by atoms with van der Waals surface area (Å²) >= 11 is 3.52. The van der Waals surface area contributed by atoms with Crippen molar-refractivity contribution >= 4 is 15.9 Å². The Bertz CT molecular complexity index is 414. The summed E-state index contributed by atoms with van der Waals surface area (Å²) in [6, 6.07) is 9.97. The molecule has 0 radical (unpaired) electrons. The first-order valence-electron chi connectivity index (χ1n) is 8.31. The third-order valence-corrected chi connectivity index (χ3v) is 5.21. The third-order valence-electron chi connectivity index (χ3n) is 4.68. The van der Waals surface area contributed by atoms with Crippen LogP contribution in [0, 0.1) is 5.92 Å². The Morgan fingerprint density at radius 3 is 2.52 bits per heavy atom. The van der Waals surface area contributed by atoms with Crippen molar-refractivity contribution in [1.82, 2.24) is 10.2 Å². The molecule has 2 rings (SSSR count). The summed E-state index contributed by atoms with van der Waals surface area (Å²) in [6.45, 7) is 6.86. The molecule has 21 heavy (non-hydrogen) atoms. The van der Waals surface area contributed by atoms with Crippen molar-refractivity contribution in [2.45, 2.75) is 51.6 Å². The average molecular weight is 353 g/mol. The molecule has 0 bridgehead atoms. The van der Waals surface area contributed by atoms with Crippen molar-refractivity contribution in [3.05, 3.63) is 34.3 Å². The first kappa shape index (κ1) is 17.0. The molecule has 3 heteroatoms. The molecule has 1 N–H and O–H groups in total. The van der Waals surface area contributed by atoms with Gasteiger partial charge in [-0.2, -0.15) is 0 Å². The lowest BCUT2D eigenvalue weighted by Gasteiger charge is -2.27. The minimum atomic E-state index is 0.465. The Kier molecular flexibility index (Phi) is 6.72. The van der Waals surface area contributed by atoms with Crippen LogP contribution in [0.4, 0.5) is 0 Å². The molecule has 0 heterocycles. The van der Waals surface area contributed by atoms with E-state index in [-0.39, 0.29) is 0 Å². The lowest BCUT2D eigenvalue weighted by Crippen LogP contribution is -2.34. The molecule has 1 aliphatic rings. The highest BCUT2D eigenvalue weighted by molar-refractivity contribution is 9.10. The lowest BCUT2D eigenvalue weighted by atomic mass is 10.0. The second-order valence-corrected chi connectivity index (χ2v) is 7.32. The van der Waals surface area contributed by atoms with Crippen molar-refractivity contribution in [3.8, 4) is 0 Å². The average Bonchev–Trinajstić information content (AvgIpc) is 3.32. The zero-order valence-electron chi connectivity index (χ0n) is 13.6. The van der Waals surface area contributed by atoms with Gasteiger partial charge in [-0.15, -0.1) is 0 Å². The van der Waals surface area contributed by atoms with E-state index in [1.807, 2.05) is 0 Å². The molecule has 1 aliphatic carbocycles. The molecule has 1 saturated carbocycles. The zero-order valence-corrected chi connectivity index (χ0v) is 15.2. The molecule has 2 atom stereocenters. The molecule has 118 valence electrons. The standard InChI is InChI=1S/C18H29BrN2/c1-4-12-20-18(16-7-9-17(19)10-8-16)11-13-21(3)14(2)15-5-6-15/h7-10,14-15,18,20H,4-6,11-13H2,1-3H3. The molecular formula is C18H29BrN2. The van der Waals surface area contributed by atoms with Crippen LogP contribution in [0.25, 0.3) is 0 Å². The van der Waals surface area contributed by atoms with Crippen LogP contribution in [0.15, 0.2) is 28.7 Å². The number of hydrogen-bond donors (Lipinski definition) is 1. The van der Waals surface area contributed by atoms with Gasteiger partial charge in [-0.05, 0) is 76.4 Å². The van der Waals surface area contributed by atoms with Gasteiger partial charge in [0.1, 0.15) is 0 Å². The van der Waals surface area contributed by atoms with E-state index in [1.165, 1.54) is 31.2 Å². The van der Waals surface area contributed by atoms with Crippen molar-refractivity contribution in [1.29, 1.82) is 0 Å². The van der Waals surface area contributed by atoms with Gasteiger partial charge in [0.15, 0.2) is 0 Å². The fourth-order valence-corrected chi connectivity index (χ4v) is 3.14. The predicted molar refractivity (Wildman–Crippen MR) is 94.6 cm³/mol. The van der Waals surface area contributed by atoms with E-state index in [1.54, 1.807) is 0 Å². The van der Waals surface area contributed by atoms with Gasteiger partial charge in [0.05, 0.1) is 0 Å². The van der Waals surface area contributed by atoms with E-state index in [9.17, 15) is 0 Å². The minimum Gasteiger partial charge on any atom is -0.310 e. The Morgan fingerprint density at radius 1 is 1.29 bits per heavy atom. The second-order valence-electron chi connectivity index (χ2n) is 6.41. The molecule has 0 aliphatic heterocycles. The van der Waals surface area contributed by atoms with Gasteiger partial charge < -0.3 is 10.2 Å². The van der Waals surface area contributed by atoms with Gasteiger partial charge in [0, 0.05) is 16.6 Å². The molecule has 1 fully saturated rings. The summed E-state index contributed by atoms with van der Waals surface area (Å²) in [5, 5.41) is 3.70. The predicted octanol–water partition coefficient (Wildman–Crippen LogP) is 4.61. The molecule has 0 amide bonds. The maximum atomic E-state index is 3.70. The van der Waals surface area contributed by atoms with Gasteiger partial charge in [-0.3, -0.25) is 0 Å². The summed E-state index contributed by atoms with van der Waals surface area (Å²) < 4.78 is 1.15. The minimum absolute atomic E-state index is 0.465. The highest BCUT2D eigenvalue weighted by Crippen LogP contribution is 2.34. The van der Waals surface area contributed by atoms with E-state index in [2.05, 4.69) is 71.3 Å². The maximum absolute atomic E-state index is 3.70. The Labute approximate surface area is 138 Å². The molecule has 2 unspecified atom stereocenters. The van der Waals surface area contributed by atoms with Crippen LogP contribution in [0.5, 0.6) is 0 Å². The van der Waals surface area contributed by atoms with Crippen molar-refractivity contribution in [3.63, 3.8) is 0 Å². The number of halogens is 1. The number of rotatable bonds is 9.